The van der Waals surface area contributed by atoms with Crippen LogP contribution in [0.4, 0.5) is 5.82 Å². The van der Waals surface area contributed by atoms with Gasteiger partial charge in [0, 0.05) is 23.9 Å². The van der Waals surface area contributed by atoms with E-state index in [9.17, 15) is 0 Å². The van der Waals surface area contributed by atoms with Crippen molar-refractivity contribution in [2.75, 3.05) is 25.0 Å². The van der Waals surface area contributed by atoms with Crippen LogP contribution in [0.15, 0.2) is 30.3 Å². The molecule has 0 radical (unpaired) electrons. The number of rotatable bonds is 5. The molecule has 0 unspecified atom stereocenters. The summed E-state index contributed by atoms with van der Waals surface area (Å²) in [6.07, 6.45) is 2.47. The number of hydrogen-bond donors (Lipinski definition) is 2. The maximum Gasteiger partial charge on any atom is 0.161 e. The van der Waals surface area contributed by atoms with Crippen molar-refractivity contribution >= 4 is 5.82 Å². The molecular formula is C20H28N4. The molecule has 2 N–H and O–H groups in total. The fourth-order valence-electron chi connectivity index (χ4n) is 3.02. The number of nitrogens with one attached hydrogen (secondary N) is 2. The van der Waals surface area contributed by atoms with Gasteiger partial charge in [-0.05, 0) is 44.7 Å². The second kappa shape index (κ2) is 7.75. The Hall–Kier alpha value is -1.94. The Labute approximate surface area is 145 Å². The van der Waals surface area contributed by atoms with Crippen LogP contribution in [-0.4, -0.2) is 29.6 Å². The largest absolute Gasteiger partial charge is 0.370 e. The Kier molecular flexibility index (Phi) is 5.46. The smallest absolute Gasteiger partial charge is 0.161 e. The summed E-state index contributed by atoms with van der Waals surface area (Å²) < 4.78 is 0. The highest BCUT2D eigenvalue weighted by Crippen LogP contribution is 2.23. The molecule has 24 heavy (non-hydrogen) atoms. The third-order valence-corrected chi connectivity index (χ3v) is 4.68. The molecule has 1 aliphatic heterocycles. The van der Waals surface area contributed by atoms with Gasteiger partial charge in [0.05, 0.1) is 0 Å². The van der Waals surface area contributed by atoms with E-state index in [0.29, 0.717) is 5.92 Å². The Morgan fingerprint density at radius 1 is 1.12 bits per heavy atom. The Morgan fingerprint density at radius 3 is 2.50 bits per heavy atom. The summed E-state index contributed by atoms with van der Waals surface area (Å²) in [6.45, 7) is 9.70. The van der Waals surface area contributed by atoms with Crippen molar-refractivity contribution in [3.05, 3.63) is 41.6 Å². The molecule has 1 aromatic heterocycles. The third-order valence-electron chi connectivity index (χ3n) is 4.68. The molecule has 4 heteroatoms. The molecular weight excluding hydrogens is 296 g/mol. The van der Waals surface area contributed by atoms with Crippen molar-refractivity contribution in [2.24, 2.45) is 5.92 Å². The van der Waals surface area contributed by atoms with E-state index in [4.69, 9.17) is 9.97 Å². The van der Waals surface area contributed by atoms with E-state index >= 15 is 0 Å². The van der Waals surface area contributed by atoms with Gasteiger partial charge in [0.25, 0.3) is 0 Å². The topological polar surface area (TPSA) is 49.8 Å². The normalized spacial score (nSPS) is 15.7. The van der Waals surface area contributed by atoms with E-state index in [1.54, 1.807) is 0 Å². The van der Waals surface area contributed by atoms with E-state index in [0.717, 1.165) is 48.5 Å². The van der Waals surface area contributed by atoms with Gasteiger partial charge in [-0.15, -0.1) is 0 Å². The van der Waals surface area contributed by atoms with Crippen molar-refractivity contribution in [1.82, 2.24) is 15.3 Å². The first kappa shape index (κ1) is 16.9. The molecule has 1 aliphatic rings. The van der Waals surface area contributed by atoms with Crippen molar-refractivity contribution < 1.29 is 0 Å². The van der Waals surface area contributed by atoms with Gasteiger partial charge in [-0.1, -0.05) is 43.7 Å². The molecule has 1 fully saturated rings. The lowest BCUT2D eigenvalue weighted by molar-refractivity contribution is 0.389. The van der Waals surface area contributed by atoms with Crippen molar-refractivity contribution in [2.45, 2.75) is 39.5 Å². The molecule has 2 heterocycles. The number of benzene rings is 1. The van der Waals surface area contributed by atoms with Gasteiger partial charge in [-0.2, -0.15) is 0 Å². The van der Waals surface area contributed by atoms with Crippen LogP contribution in [0.3, 0.4) is 0 Å². The fraction of sp³-hybridized carbons (Fsp3) is 0.500. The van der Waals surface area contributed by atoms with Crippen LogP contribution in [-0.2, 0) is 0 Å². The predicted molar refractivity (Wildman–Crippen MR) is 100 cm³/mol. The van der Waals surface area contributed by atoms with E-state index in [1.807, 2.05) is 0 Å². The molecule has 0 atom stereocenters. The zero-order valence-electron chi connectivity index (χ0n) is 15.0. The summed E-state index contributed by atoms with van der Waals surface area (Å²) in [7, 11) is 0. The standard InChI is InChI=1S/C20H28N4/c1-14(2)18-12-19(22-13-16-8-10-21-11-9-16)24-20(23-18)17-6-4-15(3)5-7-17/h4-7,12,14,16,21H,8-11,13H2,1-3H3,(H,22,23,24). The zero-order valence-corrected chi connectivity index (χ0v) is 15.0. The first-order valence-corrected chi connectivity index (χ1v) is 9.02. The van der Waals surface area contributed by atoms with Crippen molar-refractivity contribution in [3.8, 4) is 11.4 Å². The molecule has 2 aromatic rings. The molecule has 128 valence electrons. The SMILES string of the molecule is Cc1ccc(-c2nc(NCC3CCNCC3)cc(C(C)C)n2)cc1. The monoisotopic (exact) mass is 324 g/mol. The van der Waals surface area contributed by atoms with Gasteiger partial charge in [0.2, 0.25) is 0 Å². The molecule has 0 aliphatic carbocycles. The quantitative estimate of drug-likeness (QED) is 0.873. The Bertz CT molecular complexity index is 658. The van der Waals surface area contributed by atoms with Gasteiger partial charge >= 0.3 is 0 Å². The minimum Gasteiger partial charge on any atom is -0.370 e. The van der Waals surface area contributed by atoms with Crippen LogP contribution in [0.2, 0.25) is 0 Å². The van der Waals surface area contributed by atoms with Gasteiger partial charge in [0.1, 0.15) is 5.82 Å². The first-order valence-electron chi connectivity index (χ1n) is 9.02. The minimum atomic E-state index is 0.386. The molecule has 3 rings (SSSR count). The third kappa shape index (κ3) is 4.32. The Morgan fingerprint density at radius 2 is 1.83 bits per heavy atom. The molecule has 0 saturated carbocycles. The summed E-state index contributed by atoms with van der Waals surface area (Å²) in [4.78, 5) is 9.53. The molecule has 1 saturated heterocycles. The van der Waals surface area contributed by atoms with E-state index in [2.05, 4.69) is 61.7 Å². The summed E-state index contributed by atoms with van der Waals surface area (Å²) in [6, 6.07) is 10.5. The lowest BCUT2D eigenvalue weighted by Crippen LogP contribution is -2.31. The van der Waals surface area contributed by atoms with Gasteiger partial charge in [-0.3, -0.25) is 0 Å². The Balaban J connectivity index is 1.81. The maximum absolute atomic E-state index is 4.77. The van der Waals surface area contributed by atoms with Gasteiger partial charge in [-0.25, -0.2) is 9.97 Å². The van der Waals surface area contributed by atoms with Gasteiger partial charge in [0.15, 0.2) is 5.82 Å². The molecule has 0 spiro atoms. The highest BCUT2D eigenvalue weighted by molar-refractivity contribution is 5.58. The van der Waals surface area contributed by atoms with E-state index in [-0.39, 0.29) is 0 Å². The average Bonchev–Trinajstić information content (AvgIpc) is 2.61. The molecule has 0 bridgehead atoms. The van der Waals surface area contributed by atoms with Gasteiger partial charge < -0.3 is 10.6 Å². The number of hydrogen-bond acceptors (Lipinski definition) is 4. The highest BCUT2D eigenvalue weighted by atomic mass is 15.0. The second-order valence-corrected chi connectivity index (χ2v) is 7.10. The van der Waals surface area contributed by atoms with E-state index in [1.165, 1.54) is 18.4 Å². The fourth-order valence-corrected chi connectivity index (χ4v) is 3.02. The zero-order chi connectivity index (χ0) is 16.9. The van der Waals surface area contributed by atoms with Crippen molar-refractivity contribution in [1.29, 1.82) is 0 Å². The number of anilines is 1. The number of aryl methyl sites for hydroxylation is 1. The number of aromatic nitrogens is 2. The molecule has 1 aromatic carbocycles. The van der Waals surface area contributed by atoms with Crippen LogP contribution in [0.1, 0.15) is 43.9 Å². The van der Waals surface area contributed by atoms with Crippen LogP contribution < -0.4 is 10.6 Å². The van der Waals surface area contributed by atoms with E-state index < -0.39 is 0 Å². The first-order chi connectivity index (χ1) is 11.6. The number of nitrogens with zero attached hydrogens (tertiary/aromatic N) is 2. The van der Waals surface area contributed by atoms with Crippen LogP contribution >= 0.6 is 0 Å². The summed E-state index contributed by atoms with van der Waals surface area (Å²) >= 11 is 0. The second-order valence-electron chi connectivity index (χ2n) is 7.10. The van der Waals surface area contributed by atoms with Crippen LogP contribution in [0.5, 0.6) is 0 Å². The summed E-state index contributed by atoms with van der Waals surface area (Å²) in [5, 5.41) is 6.97. The number of piperidine rings is 1. The molecule has 0 amide bonds. The lowest BCUT2D eigenvalue weighted by atomic mass is 9.98. The average molecular weight is 324 g/mol. The summed E-state index contributed by atoms with van der Waals surface area (Å²) in [5.74, 6) is 2.87. The predicted octanol–water partition coefficient (Wildman–Crippen LogP) is 3.99. The van der Waals surface area contributed by atoms with Crippen molar-refractivity contribution in [3.63, 3.8) is 0 Å². The van der Waals surface area contributed by atoms with Crippen LogP contribution in [0, 0.1) is 12.8 Å². The van der Waals surface area contributed by atoms with Crippen LogP contribution in [0.25, 0.3) is 11.4 Å². The highest BCUT2D eigenvalue weighted by Gasteiger charge is 2.14. The molecule has 4 nitrogen and oxygen atoms in total. The summed E-state index contributed by atoms with van der Waals surface area (Å²) in [5.41, 5.74) is 3.42. The lowest BCUT2D eigenvalue weighted by Gasteiger charge is -2.23. The minimum absolute atomic E-state index is 0.386. The maximum atomic E-state index is 4.77.